The molecule has 1 atom stereocenters. The number of rotatable bonds is 8. The number of aromatic amines is 2. The fourth-order valence-electron chi connectivity index (χ4n) is 3.86. The van der Waals surface area contributed by atoms with Crippen LogP contribution in [-0.2, 0) is 4.79 Å². The lowest BCUT2D eigenvalue weighted by Crippen LogP contribution is -2.53. The highest BCUT2D eigenvalue weighted by atomic mass is 16.5. The Morgan fingerprint density at radius 2 is 1.72 bits per heavy atom. The van der Waals surface area contributed by atoms with Crippen LogP contribution in [0.2, 0.25) is 0 Å². The number of nitrogens with zero attached hydrogens (tertiary/aromatic N) is 2. The van der Waals surface area contributed by atoms with Crippen molar-refractivity contribution in [3.05, 3.63) is 52.9 Å². The molecule has 1 aliphatic rings. The smallest absolute Gasteiger partial charge is 0.323 e. The van der Waals surface area contributed by atoms with E-state index in [0.29, 0.717) is 23.3 Å². The second-order valence-electron chi connectivity index (χ2n) is 7.91. The summed E-state index contributed by atoms with van der Waals surface area (Å²) >= 11 is 0. The molecule has 1 aliphatic heterocycles. The van der Waals surface area contributed by atoms with Crippen molar-refractivity contribution in [2.24, 2.45) is 0 Å². The SMILES string of the molecule is COc1ccc(OCCN2CCN(C(C)C(=O)Nc3ccc4[nH]c(=O)[nH]c4c3)CC2)cc1. The Bertz CT molecular complexity index is 1100. The normalized spacial score (nSPS) is 16.1. The van der Waals surface area contributed by atoms with E-state index in [1.807, 2.05) is 31.2 Å². The number of H-pyrrole nitrogens is 2. The first-order valence-corrected chi connectivity index (χ1v) is 10.8. The van der Waals surface area contributed by atoms with E-state index in [0.717, 1.165) is 44.2 Å². The van der Waals surface area contributed by atoms with Crippen LogP contribution in [0, 0.1) is 0 Å². The van der Waals surface area contributed by atoms with Gasteiger partial charge in [-0.3, -0.25) is 14.6 Å². The lowest BCUT2D eigenvalue weighted by Gasteiger charge is -2.37. The summed E-state index contributed by atoms with van der Waals surface area (Å²) < 4.78 is 11.0. The number of hydrogen-bond acceptors (Lipinski definition) is 6. The minimum Gasteiger partial charge on any atom is -0.497 e. The number of piperazine rings is 1. The van der Waals surface area contributed by atoms with Crippen molar-refractivity contribution in [3.8, 4) is 11.5 Å². The summed E-state index contributed by atoms with van der Waals surface area (Å²) in [5, 5.41) is 2.95. The fraction of sp³-hybridized carbons (Fsp3) is 0.391. The van der Waals surface area contributed by atoms with Crippen molar-refractivity contribution < 1.29 is 14.3 Å². The van der Waals surface area contributed by atoms with E-state index < -0.39 is 0 Å². The molecule has 0 saturated carbocycles. The van der Waals surface area contributed by atoms with Crippen LogP contribution < -0.4 is 20.5 Å². The molecule has 2 heterocycles. The molecule has 2 aromatic carbocycles. The number of imidazole rings is 1. The third-order valence-electron chi connectivity index (χ3n) is 5.85. The van der Waals surface area contributed by atoms with Crippen LogP contribution in [-0.4, -0.2) is 78.2 Å². The Morgan fingerprint density at radius 1 is 1.03 bits per heavy atom. The second-order valence-corrected chi connectivity index (χ2v) is 7.91. The molecule has 0 bridgehead atoms. The van der Waals surface area contributed by atoms with Gasteiger partial charge in [-0.25, -0.2) is 4.79 Å². The summed E-state index contributed by atoms with van der Waals surface area (Å²) in [6, 6.07) is 12.7. The van der Waals surface area contributed by atoms with E-state index >= 15 is 0 Å². The topological polar surface area (TPSA) is 103 Å². The van der Waals surface area contributed by atoms with Crippen LogP contribution in [0.1, 0.15) is 6.92 Å². The lowest BCUT2D eigenvalue weighted by molar-refractivity contribution is -0.121. The standard InChI is InChI=1S/C23H29N5O4/c1-16(22(29)24-17-3-8-20-21(15-17)26-23(30)25-20)28-11-9-27(10-12-28)13-14-32-19-6-4-18(31-2)5-7-19/h3-8,15-16H,9-14H2,1-2H3,(H,24,29)(H2,25,26,30). The summed E-state index contributed by atoms with van der Waals surface area (Å²) in [5.74, 6) is 1.58. The van der Waals surface area contributed by atoms with Crippen molar-refractivity contribution >= 4 is 22.6 Å². The monoisotopic (exact) mass is 439 g/mol. The molecule has 4 rings (SSSR count). The van der Waals surface area contributed by atoms with Gasteiger partial charge < -0.3 is 24.8 Å². The van der Waals surface area contributed by atoms with Gasteiger partial charge in [0.2, 0.25) is 5.91 Å². The summed E-state index contributed by atoms with van der Waals surface area (Å²) in [5.41, 5.74) is 1.79. The first-order valence-electron chi connectivity index (χ1n) is 10.8. The molecule has 32 heavy (non-hydrogen) atoms. The van der Waals surface area contributed by atoms with Gasteiger partial charge in [-0.05, 0) is 49.4 Å². The van der Waals surface area contributed by atoms with Crippen molar-refractivity contribution in [2.45, 2.75) is 13.0 Å². The number of amides is 1. The highest BCUT2D eigenvalue weighted by molar-refractivity contribution is 5.96. The number of aromatic nitrogens is 2. The highest BCUT2D eigenvalue weighted by Crippen LogP contribution is 2.18. The first kappa shape index (κ1) is 21.9. The largest absolute Gasteiger partial charge is 0.497 e. The van der Waals surface area contributed by atoms with Crippen LogP contribution in [0.5, 0.6) is 11.5 Å². The number of carbonyl (C=O) groups is 1. The molecule has 9 nitrogen and oxygen atoms in total. The number of benzene rings is 2. The average molecular weight is 440 g/mol. The van der Waals surface area contributed by atoms with Crippen molar-refractivity contribution in [1.29, 1.82) is 0 Å². The number of methoxy groups -OCH3 is 1. The third-order valence-corrected chi connectivity index (χ3v) is 5.85. The zero-order valence-corrected chi connectivity index (χ0v) is 18.4. The van der Waals surface area contributed by atoms with E-state index in [-0.39, 0.29) is 17.6 Å². The molecule has 1 fully saturated rings. The van der Waals surface area contributed by atoms with Crippen molar-refractivity contribution in [1.82, 2.24) is 19.8 Å². The third kappa shape index (κ3) is 5.30. The maximum Gasteiger partial charge on any atom is 0.323 e. The maximum atomic E-state index is 12.7. The Hall–Kier alpha value is -3.30. The molecule has 170 valence electrons. The van der Waals surface area contributed by atoms with Crippen LogP contribution >= 0.6 is 0 Å². The molecule has 0 radical (unpaired) electrons. The number of carbonyl (C=O) groups excluding carboxylic acids is 1. The van der Waals surface area contributed by atoms with Gasteiger partial charge in [0.1, 0.15) is 18.1 Å². The molecule has 1 aromatic heterocycles. The van der Waals surface area contributed by atoms with Crippen LogP contribution in [0.3, 0.4) is 0 Å². The summed E-state index contributed by atoms with van der Waals surface area (Å²) in [4.78, 5) is 34.1. The Labute approximate surface area is 186 Å². The Balaban J connectivity index is 1.21. The molecule has 1 unspecified atom stereocenters. The van der Waals surface area contributed by atoms with Crippen LogP contribution in [0.15, 0.2) is 47.3 Å². The van der Waals surface area contributed by atoms with E-state index in [9.17, 15) is 9.59 Å². The lowest BCUT2D eigenvalue weighted by atomic mass is 10.2. The summed E-state index contributed by atoms with van der Waals surface area (Å²) in [6.45, 7) is 6.80. The summed E-state index contributed by atoms with van der Waals surface area (Å²) in [6.07, 6.45) is 0. The van der Waals surface area contributed by atoms with Gasteiger partial charge in [0.15, 0.2) is 0 Å². The molecule has 1 amide bonds. The van der Waals surface area contributed by atoms with E-state index in [2.05, 4.69) is 25.1 Å². The molecule has 0 aliphatic carbocycles. The Morgan fingerprint density at radius 3 is 2.44 bits per heavy atom. The van der Waals surface area contributed by atoms with E-state index in [1.165, 1.54) is 0 Å². The molecular weight excluding hydrogens is 410 g/mol. The molecule has 3 N–H and O–H groups in total. The fourth-order valence-corrected chi connectivity index (χ4v) is 3.86. The van der Waals surface area contributed by atoms with E-state index in [1.54, 1.807) is 25.3 Å². The second kappa shape index (κ2) is 9.88. The quantitative estimate of drug-likeness (QED) is 0.495. The van der Waals surface area contributed by atoms with Gasteiger partial charge in [0.05, 0.1) is 24.2 Å². The van der Waals surface area contributed by atoms with Gasteiger partial charge in [0, 0.05) is 38.4 Å². The number of ether oxygens (including phenoxy) is 2. The first-order chi connectivity index (χ1) is 15.5. The molecular formula is C23H29N5O4. The Kier molecular flexibility index (Phi) is 6.77. The molecule has 3 aromatic rings. The van der Waals surface area contributed by atoms with Crippen molar-refractivity contribution in [3.63, 3.8) is 0 Å². The van der Waals surface area contributed by atoms with Crippen LogP contribution in [0.25, 0.3) is 11.0 Å². The van der Waals surface area contributed by atoms with Gasteiger partial charge in [0.25, 0.3) is 0 Å². The number of fused-ring (bicyclic) bond motifs is 1. The summed E-state index contributed by atoms with van der Waals surface area (Å²) in [7, 11) is 1.64. The van der Waals surface area contributed by atoms with E-state index in [4.69, 9.17) is 9.47 Å². The number of hydrogen-bond donors (Lipinski definition) is 3. The number of anilines is 1. The van der Waals surface area contributed by atoms with Gasteiger partial charge in [-0.1, -0.05) is 0 Å². The zero-order valence-electron chi connectivity index (χ0n) is 18.4. The predicted molar refractivity (Wildman–Crippen MR) is 124 cm³/mol. The highest BCUT2D eigenvalue weighted by Gasteiger charge is 2.25. The molecule has 9 heteroatoms. The predicted octanol–water partition coefficient (Wildman–Crippen LogP) is 1.89. The van der Waals surface area contributed by atoms with Gasteiger partial charge >= 0.3 is 5.69 Å². The molecule has 0 spiro atoms. The minimum absolute atomic E-state index is 0.0569. The van der Waals surface area contributed by atoms with Gasteiger partial charge in [-0.2, -0.15) is 0 Å². The zero-order chi connectivity index (χ0) is 22.5. The number of nitrogens with one attached hydrogen (secondary N) is 3. The minimum atomic E-state index is -0.260. The van der Waals surface area contributed by atoms with Gasteiger partial charge in [-0.15, -0.1) is 0 Å². The van der Waals surface area contributed by atoms with Crippen molar-refractivity contribution in [2.75, 3.05) is 51.8 Å². The average Bonchev–Trinajstić information content (AvgIpc) is 3.18. The molecule has 1 saturated heterocycles. The maximum absolute atomic E-state index is 12.7. The van der Waals surface area contributed by atoms with Crippen LogP contribution in [0.4, 0.5) is 5.69 Å².